The zero-order valence-electron chi connectivity index (χ0n) is 7.62. The van der Waals surface area contributed by atoms with E-state index in [0.29, 0.717) is 11.4 Å². The van der Waals surface area contributed by atoms with E-state index in [0.717, 1.165) is 0 Å². The third-order valence-corrected chi connectivity index (χ3v) is 2.09. The molecule has 0 bridgehead atoms. The van der Waals surface area contributed by atoms with Crippen molar-refractivity contribution in [1.82, 2.24) is 0 Å². The molecule has 0 fully saturated rings. The van der Waals surface area contributed by atoms with Crippen LogP contribution in [0.15, 0.2) is 18.2 Å². The summed E-state index contributed by atoms with van der Waals surface area (Å²) in [6.45, 7) is 1.37. The maximum atomic E-state index is 11.1. The molecule has 0 aliphatic rings. The Labute approximate surface area is 86.7 Å². The fourth-order valence-corrected chi connectivity index (χ4v) is 1.06. The van der Waals surface area contributed by atoms with E-state index in [1.807, 2.05) is 0 Å². The second-order valence-electron chi connectivity index (χ2n) is 2.87. The average Bonchev–Trinajstić information content (AvgIpc) is 2.12. The van der Waals surface area contributed by atoms with Gasteiger partial charge < -0.3 is 16.2 Å². The van der Waals surface area contributed by atoms with E-state index in [-0.39, 0.29) is 5.02 Å². The molecule has 1 aromatic carbocycles. The normalized spacial score (nSPS) is 12.2. The summed E-state index contributed by atoms with van der Waals surface area (Å²) in [7, 11) is 0. The molecule has 1 aromatic rings. The van der Waals surface area contributed by atoms with Gasteiger partial charge in [0, 0.05) is 0 Å². The van der Waals surface area contributed by atoms with Crippen LogP contribution in [-0.4, -0.2) is 17.1 Å². The number of anilines is 2. The lowest BCUT2D eigenvalue weighted by Gasteiger charge is -2.09. The van der Waals surface area contributed by atoms with Gasteiger partial charge in [-0.05, 0) is 19.1 Å². The maximum Gasteiger partial charge on any atom is 0.252 e. The number of hydrogen-bond donors (Lipinski definition) is 3. The van der Waals surface area contributed by atoms with Crippen LogP contribution in [0.2, 0.25) is 5.02 Å². The van der Waals surface area contributed by atoms with Crippen molar-refractivity contribution in [3.63, 3.8) is 0 Å². The minimum absolute atomic E-state index is 0.279. The maximum absolute atomic E-state index is 11.1. The highest BCUT2D eigenvalue weighted by molar-refractivity contribution is 6.36. The van der Waals surface area contributed by atoms with Crippen LogP contribution in [-0.2, 0) is 4.79 Å². The Kier molecular flexibility index (Phi) is 3.33. The molecule has 1 rings (SSSR count). The highest BCUT2D eigenvalue weighted by Gasteiger charge is 2.11. The van der Waals surface area contributed by atoms with Crippen molar-refractivity contribution >= 4 is 28.9 Å². The summed E-state index contributed by atoms with van der Waals surface area (Å²) in [4.78, 5) is 11.1. The van der Waals surface area contributed by atoms with Crippen LogP contribution >= 0.6 is 11.6 Å². The Morgan fingerprint density at radius 2 is 2.29 bits per heavy atom. The van der Waals surface area contributed by atoms with E-state index >= 15 is 0 Å². The first-order valence-electron chi connectivity index (χ1n) is 4.05. The number of halogens is 1. The fourth-order valence-electron chi connectivity index (χ4n) is 0.884. The molecule has 4 N–H and O–H groups in total. The van der Waals surface area contributed by atoms with Gasteiger partial charge >= 0.3 is 0 Å². The summed E-state index contributed by atoms with van der Waals surface area (Å²) in [6, 6.07) is 4.90. The average molecular weight is 215 g/mol. The van der Waals surface area contributed by atoms with Gasteiger partial charge in [0.05, 0.1) is 16.4 Å². The van der Waals surface area contributed by atoms with E-state index in [9.17, 15) is 4.79 Å². The summed E-state index contributed by atoms with van der Waals surface area (Å²) in [5.74, 6) is -0.516. The summed E-state index contributed by atoms with van der Waals surface area (Å²) in [6.07, 6.45) is -1.08. The van der Waals surface area contributed by atoms with E-state index in [1.54, 1.807) is 18.2 Å². The molecule has 1 unspecified atom stereocenters. The van der Waals surface area contributed by atoms with Gasteiger partial charge in [-0.25, -0.2) is 0 Å². The van der Waals surface area contributed by atoms with E-state index in [4.69, 9.17) is 22.4 Å². The zero-order valence-corrected chi connectivity index (χ0v) is 8.38. The third kappa shape index (κ3) is 2.37. The summed E-state index contributed by atoms with van der Waals surface area (Å²) in [5.41, 5.74) is 6.31. The van der Waals surface area contributed by atoms with Gasteiger partial charge in [0.2, 0.25) is 0 Å². The lowest BCUT2D eigenvalue weighted by molar-refractivity contribution is -0.123. The smallest absolute Gasteiger partial charge is 0.252 e. The van der Waals surface area contributed by atoms with Crippen molar-refractivity contribution in [3.8, 4) is 0 Å². The second kappa shape index (κ2) is 4.30. The lowest BCUT2D eigenvalue weighted by atomic mass is 10.2. The van der Waals surface area contributed by atoms with Crippen molar-refractivity contribution in [2.24, 2.45) is 0 Å². The molecule has 1 amide bonds. The molecule has 0 spiro atoms. The lowest BCUT2D eigenvalue weighted by Crippen LogP contribution is -2.24. The quantitative estimate of drug-likeness (QED) is 0.649. The first-order valence-corrected chi connectivity index (χ1v) is 4.43. The van der Waals surface area contributed by atoms with Gasteiger partial charge in [-0.3, -0.25) is 4.79 Å². The fraction of sp³-hybridized carbons (Fsp3) is 0.222. The Balaban J connectivity index is 2.87. The molecule has 4 nitrogen and oxygen atoms in total. The number of amides is 1. The minimum atomic E-state index is -1.08. The summed E-state index contributed by atoms with van der Waals surface area (Å²) in [5, 5.41) is 11.7. The molecule has 0 saturated carbocycles. The molecule has 0 saturated heterocycles. The number of aliphatic hydroxyl groups is 1. The highest BCUT2D eigenvalue weighted by Crippen LogP contribution is 2.27. The van der Waals surface area contributed by atoms with Gasteiger partial charge in [-0.2, -0.15) is 0 Å². The third-order valence-electron chi connectivity index (χ3n) is 1.67. The standard InChI is InChI=1S/C9H11ClN2O2/c1-5(13)9(14)12-7-4-2-3-6(11)8(7)10/h2-5,13H,11H2,1H3,(H,12,14). The molecule has 0 aliphatic carbocycles. The first-order chi connectivity index (χ1) is 6.52. The molecular weight excluding hydrogens is 204 g/mol. The summed E-state index contributed by atoms with van der Waals surface area (Å²) < 4.78 is 0. The van der Waals surface area contributed by atoms with Gasteiger partial charge in [-0.1, -0.05) is 17.7 Å². The second-order valence-corrected chi connectivity index (χ2v) is 3.25. The van der Waals surface area contributed by atoms with Crippen LogP contribution in [0.5, 0.6) is 0 Å². The van der Waals surface area contributed by atoms with Crippen LogP contribution in [0.4, 0.5) is 11.4 Å². The van der Waals surface area contributed by atoms with Crippen molar-refractivity contribution in [2.45, 2.75) is 13.0 Å². The van der Waals surface area contributed by atoms with E-state index < -0.39 is 12.0 Å². The topological polar surface area (TPSA) is 75.3 Å². The SMILES string of the molecule is CC(O)C(=O)Nc1cccc(N)c1Cl. The molecule has 76 valence electrons. The van der Waals surface area contributed by atoms with Crippen LogP contribution in [0.3, 0.4) is 0 Å². The van der Waals surface area contributed by atoms with Crippen LogP contribution < -0.4 is 11.1 Å². The van der Waals surface area contributed by atoms with Gasteiger partial charge in [0.1, 0.15) is 6.10 Å². The van der Waals surface area contributed by atoms with Gasteiger partial charge in [-0.15, -0.1) is 0 Å². The molecule has 5 heteroatoms. The van der Waals surface area contributed by atoms with Gasteiger partial charge in [0.15, 0.2) is 0 Å². The van der Waals surface area contributed by atoms with Crippen LogP contribution in [0.25, 0.3) is 0 Å². The number of carbonyl (C=O) groups is 1. The number of benzene rings is 1. The number of carbonyl (C=O) groups excluding carboxylic acids is 1. The predicted octanol–water partition coefficient (Wildman–Crippen LogP) is 1.24. The van der Waals surface area contributed by atoms with Crippen LogP contribution in [0.1, 0.15) is 6.92 Å². The minimum Gasteiger partial charge on any atom is -0.397 e. The number of nitrogen functional groups attached to an aromatic ring is 1. The van der Waals surface area contributed by atoms with Crippen molar-refractivity contribution in [2.75, 3.05) is 11.1 Å². The number of rotatable bonds is 2. The molecular formula is C9H11ClN2O2. The Bertz CT molecular complexity index is 353. The largest absolute Gasteiger partial charge is 0.397 e. The van der Waals surface area contributed by atoms with Crippen molar-refractivity contribution < 1.29 is 9.90 Å². The molecule has 14 heavy (non-hydrogen) atoms. The van der Waals surface area contributed by atoms with Gasteiger partial charge in [0.25, 0.3) is 5.91 Å². The Hall–Kier alpha value is -1.26. The molecule has 0 heterocycles. The monoisotopic (exact) mass is 214 g/mol. The van der Waals surface area contributed by atoms with E-state index in [2.05, 4.69) is 5.32 Å². The Morgan fingerprint density at radius 1 is 1.64 bits per heavy atom. The number of hydrogen-bond acceptors (Lipinski definition) is 3. The van der Waals surface area contributed by atoms with Crippen molar-refractivity contribution in [1.29, 1.82) is 0 Å². The number of nitrogens with one attached hydrogen (secondary N) is 1. The number of nitrogens with two attached hydrogens (primary N) is 1. The van der Waals surface area contributed by atoms with E-state index in [1.165, 1.54) is 6.92 Å². The zero-order chi connectivity index (χ0) is 10.7. The number of aliphatic hydroxyl groups excluding tert-OH is 1. The highest BCUT2D eigenvalue weighted by atomic mass is 35.5. The van der Waals surface area contributed by atoms with Crippen LogP contribution in [0, 0.1) is 0 Å². The molecule has 0 radical (unpaired) electrons. The molecule has 0 aromatic heterocycles. The van der Waals surface area contributed by atoms with Crippen molar-refractivity contribution in [3.05, 3.63) is 23.2 Å². The molecule has 0 aliphatic heterocycles. The summed E-state index contributed by atoms with van der Waals surface area (Å²) >= 11 is 5.82. The Morgan fingerprint density at radius 3 is 2.86 bits per heavy atom. The first kappa shape index (κ1) is 10.8. The predicted molar refractivity (Wildman–Crippen MR) is 56.2 cm³/mol. The molecule has 1 atom stereocenters.